The summed E-state index contributed by atoms with van der Waals surface area (Å²) < 4.78 is 0. The molecular formula is C19H25ClN2O2. The summed E-state index contributed by atoms with van der Waals surface area (Å²) in [5.74, 6) is 0.214. The Balaban J connectivity index is 1.56. The summed E-state index contributed by atoms with van der Waals surface area (Å²) in [6, 6.07) is 7.02. The van der Waals surface area contributed by atoms with Gasteiger partial charge in [-0.25, -0.2) is 0 Å². The zero-order valence-electron chi connectivity index (χ0n) is 14.5. The maximum Gasteiger partial charge on any atom is 0.253 e. The van der Waals surface area contributed by atoms with Gasteiger partial charge in [0.05, 0.1) is 17.1 Å². The minimum atomic E-state index is -0.324. The zero-order valence-corrected chi connectivity index (χ0v) is 15.2. The summed E-state index contributed by atoms with van der Waals surface area (Å²) in [6.45, 7) is 6.89. The number of hydrogen-bond acceptors (Lipinski definition) is 2. The quantitative estimate of drug-likeness (QED) is 0.876. The largest absolute Gasteiger partial charge is 0.351 e. The molecule has 3 atom stereocenters. The molecule has 2 fully saturated rings. The normalized spacial score (nSPS) is 30.2. The van der Waals surface area contributed by atoms with Crippen LogP contribution in [-0.4, -0.2) is 24.4 Å². The molecule has 2 amide bonds. The number of amides is 2. The third-order valence-electron chi connectivity index (χ3n) is 6.66. The number of carbonyl (C=O) groups is 2. The zero-order chi connectivity index (χ0) is 17.5. The van der Waals surface area contributed by atoms with E-state index in [1.807, 2.05) is 0 Å². The molecule has 2 bridgehead atoms. The molecule has 3 rings (SSSR count). The molecule has 0 radical (unpaired) electrons. The smallest absolute Gasteiger partial charge is 0.253 e. The molecule has 24 heavy (non-hydrogen) atoms. The Hall–Kier alpha value is -1.55. The van der Waals surface area contributed by atoms with Crippen LogP contribution in [0.25, 0.3) is 0 Å². The second kappa shape index (κ2) is 6.07. The molecule has 2 aliphatic carbocycles. The van der Waals surface area contributed by atoms with Crippen molar-refractivity contribution in [2.45, 2.75) is 46.1 Å². The van der Waals surface area contributed by atoms with Gasteiger partial charge in [-0.2, -0.15) is 0 Å². The molecule has 4 nitrogen and oxygen atoms in total. The van der Waals surface area contributed by atoms with E-state index >= 15 is 0 Å². The van der Waals surface area contributed by atoms with Crippen LogP contribution in [0, 0.1) is 16.7 Å². The second-order valence-electron chi connectivity index (χ2n) is 7.89. The van der Waals surface area contributed by atoms with Crippen LogP contribution < -0.4 is 10.6 Å². The van der Waals surface area contributed by atoms with Crippen molar-refractivity contribution in [2.75, 3.05) is 6.54 Å². The van der Waals surface area contributed by atoms with Crippen molar-refractivity contribution in [1.29, 1.82) is 0 Å². The minimum Gasteiger partial charge on any atom is -0.351 e. The average Bonchev–Trinajstić information content (AvgIpc) is 2.86. The van der Waals surface area contributed by atoms with E-state index in [1.165, 1.54) is 6.42 Å². The lowest BCUT2D eigenvalue weighted by atomic mass is 9.69. The number of fused-ring (bicyclic) bond motifs is 2. The Bertz CT molecular complexity index is 673. The topological polar surface area (TPSA) is 58.2 Å². The summed E-state index contributed by atoms with van der Waals surface area (Å²) in [5.41, 5.74) is 0.784. The van der Waals surface area contributed by atoms with Gasteiger partial charge >= 0.3 is 0 Å². The van der Waals surface area contributed by atoms with E-state index in [1.54, 1.807) is 24.3 Å². The molecular weight excluding hydrogens is 324 g/mol. The molecule has 0 saturated heterocycles. The van der Waals surface area contributed by atoms with Crippen molar-refractivity contribution in [3.63, 3.8) is 0 Å². The lowest BCUT2D eigenvalue weighted by Crippen LogP contribution is -2.49. The Labute approximate surface area is 148 Å². The summed E-state index contributed by atoms with van der Waals surface area (Å²) in [7, 11) is 0. The van der Waals surface area contributed by atoms with E-state index in [0.29, 0.717) is 16.5 Å². The molecule has 5 heteroatoms. The van der Waals surface area contributed by atoms with Crippen LogP contribution in [0.15, 0.2) is 24.3 Å². The average molecular weight is 349 g/mol. The number of rotatable bonds is 4. The van der Waals surface area contributed by atoms with Crippen molar-refractivity contribution >= 4 is 23.4 Å². The van der Waals surface area contributed by atoms with Crippen molar-refractivity contribution in [3.8, 4) is 0 Å². The molecule has 2 aliphatic rings. The summed E-state index contributed by atoms with van der Waals surface area (Å²) >= 11 is 6.00. The SMILES string of the molecule is CC1(C)[C@H]2CC[C@@]1(C)[C@@H](NC(=O)CNC(=O)c1ccccc1Cl)C2. The first-order chi connectivity index (χ1) is 11.3. The van der Waals surface area contributed by atoms with E-state index in [2.05, 4.69) is 31.4 Å². The molecule has 0 aromatic heterocycles. The maximum absolute atomic E-state index is 12.3. The molecule has 2 N–H and O–H groups in total. The van der Waals surface area contributed by atoms with Gasteiger partial charge in [-0.1, -0.05) is 44.5 Å². The predicted molar refractivity (Wildman–Crippen MR) is 94.9 cm³/mol. The number of benzene rings is 1. The minimum absolute atomic E-state index is 0.0261. The van der Waals surface area contributed by atoms with Gasteiger partial charge in [0.2, 0.25) is 5.91 Å². The van der Waals surface area contributed by atoms with Crippen molar-refractivity contribution in [3.05, 3.63) is 34.9 Å². The van der Waals surface area contributed by atoms with E-state index in [9.17, 15) is 9.59 Å². The molecule has 0 spiro atoms. The fraction of sp³-hybridized carbons (Fsp3) is 0.579. The Kier molecular flexibility index (Phi) is 4.37. The van der Waals surface area contributed by atoms with E-state index in [4.69, 9.17) is 11.6 Å². The summed E-state index contributed by atoms with van der Waals surface area (Å²) in [6.07, 6.45) is 3.44. The first kappa shape index (κ1) is 17.3. The Morgan fingerprint density at radius 1 is 1.25 bits per heavy atom. The van der Waals surface area contributed by atoms with Crippen molar-refractivity contribution in [2.24, 2.45) is 16.7 Å². The van der Waals surface area contributed by atoms with Crippen LogP contribution >= 0.6 is 11.6 Å². The van der Waals surface area contributed by atoms with Crippen molar-refractivity contribution in [1.82, 2.24) is 10.6 Å². The second-order valence-corrected chi connectivity index (χ2v) is 8.30. The third-order valence-corrected chi connectivity index (χ3v) is 6.99. The van der Waals surface area contributed by atoms with Crippen LogP contribution in [-0.2, 0) is 4.79 Å². The van der Waals surface area contributed by atoms with Gasteiger partial charge in [0.1, 0.15) is 0 Å². The lowest BCUT2D eigenvalue weighted by molar-refractivity contribution is -0.121. The van der Waals surface area contributed by atoms with Crippen molar-refractivity contribution < 1.29 is 9.59 Å². The van der Waals surface area contributed by atoms with E-state index < -0.39 is 0 Å². The van der Waals surface area contributed by atoms with E-state index in [-0.39, 0.29) is 35.2 Å². The Morgan fingerprint density at radius 2 is 1.96 bits per heavy atom. The predicted octanol–water partition coefficient (Wildman–Crippen LogP) is 3.40. The third kappa shape index (κ3) is 2.71. The highest BCUT2D eigenvalue weighted by Crippen LogP contribution is 2.65. The molecule has 0 aliphatic heterocycles. The first-order valence-electron chi connectivity index (χ1n) is 8.58. The maximum atomic E-state index is 12.3. The standard InChI is InChI=1S/C19H25ClN2O2/c1-18(2)12-8-9-19(18,3)15(10-12)22-16(23)11-21-17(24)13-6-4-5-7-14(13)20/h4-7,12,15H,8-11H2,1-3H3,(H,21,24)(H,22,23)/t12-,15-,19-/m0/s1. The van der Waals surface area contributed by atoms with Gasteiger partial charge in [0, 0.05) is 6.04 Å². The monoisotopic (exact) mass is 348 g/mol. The van der Waals surface area contributed by atoms with Crippen LogP contribution in [0.1, 0.15) is 50.4 Å². The number of nitrogens with one attached hydrogen (secondary N) is 2. The molecule has 1 aromatic rings. The summed E-state index contributed by atoms with van der Waals surface area (Å²) in [5, 5.41) is 6.18. The number of hydrogen-bond donors (Lipinski definition) is 2. The van der Waals surface area contributed by atoms with Gasteiger partial charge in [0.15, 0.2) is 0 Å². The van der Waals surface area contributed by atoms with Crippen LogP contribution in [0.5, 0.6) is 0 Å². The van der Waals surface area contributed by atoms with Gasteiger partial charge in [-0.15, -0.1) is 0 Å². The first-order valence-corrected chi connectivity index (χ1v) is 8.95. The highest BCUT2D eigenvalue weighted by molar-refractivity contribution is 6.33. The number of halogens is 1. The van der Waals surface area contributed by atoms with Crippen LogP contribution in [0.2, 0.25) is 5.02 Å². The molecule has 0 unspecified atom stereocenters. The fourth-order valence-electron chi connectivity index (χ4n) is 4.57. The van der Waals surface area contributed by atoms with Crippen LogP contribution in [0.4, 0.5) is 0 Å². The van der Waals surface area contributed by atoms with E-state index in [0.717, 1.165) is 12.8 Å². The Morgan fingerprint density at radius 3 is 2.54 bits per heavy atom. The molecule has 1 aromatic carbocycles. The molecule has 0 heterocycles. The van der Waals surface area contributed by atoms with Crippen LogP contribution in [0.3, 0.4) is 0 Å². The highest BCUT2D eigenvalue weighted by Gasteiger charge is 2.61. The molecule has 130 valence electrons. The highest BCUT2D eigenvalue weighted by atomic mass is 35.5. The van der Waals surface area contributed by atoms with Gasteiger partial charge < -0.3 is 10.6 Å². The molecule has 2 saturated carbocycles. The number of carbonyl (C=O) groups excluding carboxylic acids is 2. The van der Waals surface area contributed by atoms with Gasteiger partial charge in [-0.05, 0) is 48.1 Å². The fourth-order valence-corrected chi connectivity index (χ4v) is 4.79. The summed E-state index contributed by atoms with van der Waals surface area (Å²) in [4.78, 5) is 24.4. The van der Waals surface area contributed by atoms with Gasteiger partial charge in [0.25, 0.3) is 5.91 Å². The van der Waals surface area contributed by atoms with Gasteiger partial charge in [-0.3, -0.25) is 9.59 Å². The lowest BCUT2D eigenvalue weighted by Gasteiger charge is -2.39.